The zero-order chi connectivity index (χ0) is 14.3. The van der Waals surface area contributed by atoms with Crippen molar-refractivity contribution in [2.45, 2.75) is 5.92 Å². The highest BCUT2D eigenvalue weighted by molar-refractivity contribution is 6.31. The first-order valence-electron chi connectivity index (χ1n) is 6.02. The van der Waals surface area contributed by atoms with Gasteiger partial charge in [-0.05, 0) is 5.56 Å². The van der Waals surface area contributed by atoms with E-state index in [1.54, 1.807) is 30.3 Å². The fourth-order valence-corrected chi connectivity index (χ4v) is 2.52. The number of hydrogen-bond donors (Lipinski definition) is 0. The molecule has 0 heterocycles. The van der Waals surface area contributed by atoms with Gasteiger partial charge in [0.25, 0.3) is 5.69 Å². The van der Waals surface area contributed by atoms with Gasteiger partial charge in [0.2, 0.25) is 0 Å². The Morgan fingerprint density at radius 1 is 0.900 bits per heavy atom. The van der Waals surface area contributed by atoms with Gasteiger partial charge in [-0.3, -0.25) is 19.7 Å². The minimum atomic E-state index is -0.965. The third-order valence-electron chi connectivity index (χ3n) is 3.41. The molecule has 1 atom stereocenters. The minimum Gasteiger partial charge on any atom is -0.293 e. The average molecular weight is 267 g/mol. The maximum Gasteiger partial charge on any atom is 0.280 e. The van der Waals surface area contributed by atoms with Crippen LogP contribution in [0.15, 0.2) is 48.5 Å². The zero-order valence-electron chi connectivity index (χ0n) is 10.3. The number of carbonyl (C=O) groups excluding carboxylic acids is 2. The van der Waals surface area contributed by atoms with Gasteiger partial charge in [-0.15, -0.1) is 0 Å². The summed E-state index contributed by atoms with van der Waals surface area (Å²) in [6.45, 7) is 0. The van der Waals surface area contributed by atoms with Crippen molar-refractivity contribution < 1.29 is 14.5 Å². The maximum atomic E-state index is 12.4. The quantitative estimate of drug-likeness (QED) is 0.476. The van der Waals surface area contributed by atoms with Gasteiger partial charge in [-0.25, -0.2) is 0 Å². The molecule has 20 heavy (non-hydrogen) atoms. The molecule has 1 aliphatic rings. The van der Waals surface area contributed by atoms with E-state index in [9.17, 15) is 19.7 Å². The van der Waals surface area contributed by atoms with Crippen molar-refractivity contribution in [1.82, 2.24) is 0 Å². The van der Waals surface area contributed by atoms with Crippen LogP contribution in [-0.2, 0) is 0 Å². The normalized spacial score (nSPS) is 17.1. The van der Waals surface area contributed by atoms with Crippen LogP contribution in [0.5, 0.6) is 0 Å². The predicted octanol–water partition coefficient (Wildman–Crippen LogP) is 2.76. The Kier molecular flexibility index (Phi) is 2.68. The van der Waals surface area contributed by atoms with E-state index in [0.717, 1.165) is 0 Å². The van der Waals surface area contributed by atoms with Crippen molar-refractivity contribution in [2.24, 2.45) is 0 Å². The van der Waals surface area contributed by atoms with Crippen LogP contribution in [0.3, 0.4) is 0 Å². The lowest BCUT2D eigenvalue weighted by Crippen LogP contribution is -2.12. The average Bonchev–Trinajstić information content (AvgIpc) is 2.72. The number of rotatable bonds is 2. The second-order valence-corrected chi connectivity index (χ2v) is 4.53. The lowest BCUT2D eigenvalue weighted by Gasteiger charge is -2.06. The molecule has 0 amide bonds. The van der Waals surface area contributed by atoms with Gasteiger partial charge in [0.15, 0.2) is 11.6 Å². The lowest BCUT2D eigenvalue weighted by molar-refractivity contribution is -0.385. The van der Waals surface area contributed by atoms with E-state index >= 15 is 0 Å². The van der Waals surface area contributed by atoms with Crippen LogP contribution in [0.1, 0.15) is 32.2 Å². The fraction of sp³-hybridized carbons (Fsp3) is 0.0667. The summed E-state index contributed by atoms with van der Waals surface area (Å²) >= 11 is 0. The molecule has 5 nitrogen and oxygen atoms in total. The Labute approximate surface area is 114 Å². The summed E-state index contributed by atoms with van der Waals surface area (Å²) in [7, 11) is 0. The highest BCUT2D eigenvalue weighted by atomic mass is 16.6. The minimum absolute atomic E-state index is 0.0728. The van der Waals surface area contributed by atoms with Crippen molar-refractivity contribution in [1.29, 1.82) is 0 Å². The van der Waals surface area contributed by atoms with Gasteiger partial charge in [-0.1, -0.05) is 42.5 Å². The van der Waals surface area contributed by atoms with Crippen LogP contribution in [-0.4, -0.2) is 16.5 Å². The smallest absolute Gasteiger partial charge is 0.280 e. The number of benzene rings is 2. The molecule has 0 spiro atoms. The Bertz CT molecular complexity index is 737. The molecule has 0 bridgehead atoms. The first-order valence-corrected chi connectivity index (χ1v) is 6.02. The summed E-state index contributed by atoms with van der Waals surface area (Å²) < 4.78 is 0. The number of fused-ring (bicyclic) bond motifs is 1. The molecular formula is C15H9NO4. The molecule has 0 aliphatic heterocycles. The largest absolute Gasteiger partial charge is 0.293 e. The number of nitrogens with zero attached hydrogens (tertiary/aromatic N) is 1. The maximum absolute atomic E-state index is 12.4. The van der Waals surface area contributed by atoms with Gasteiger partial charge in [0.05, 0.1) is 4.92 Å². The van der Waals surface area contributed by atoms with E-state index < -0.39 is 16.6 Å². The van der Waals surface area contributed by atoms with E-state index in [1.165, 1.54) is 18.2 Å². The Morgan fingerprint density at radius 3 is 2.25 bits per heavy atom. The number of hydrogen-bond acceptors (Lipinski definition) is 4. The van der Waals surface area contributed by atoms with E-state index in [0.29, 0.717) is 5.56 Å². The summed E-state index contributed by atoms with van der Waals surface area (Å²) in [5, 5.41) is 11.0. The standard InChI is InChI=1S/C15H9NO4/c17-14-10-7-4-8-11(16(19)20)13(10)15(18)12(14)9-5-2-1-3-6-9/h1-8,12H. The van der Waals surface area contributed by atoms with Crippen molar-refractivity contribution in [3.05, 3.63) is 75.3 Å². The van der Waals surface area contributed by atoms with Gasteiger partial charge < -0.3 is 0 Å². The molecule has 2 aromatic rings. The second kappa shape index (κ2) is 4.38. The van der Waals surface area contributed by atoms with Crippen LogP contribution >= 0.6 is 0 Å². The van der Waals surface area contributed by atoms with Crippen LogP contribution in [0.4, 0.5) is 5.69 Å². The van der Waals surface area contributed by atoms with E-state index in [1.807, 2.05) is 0 Å². The molecule has 0 N–H and O–H groups in total. The van der Waals surface area contributed by atoms with Crippen LogP contribution in [0, 0.1) is 10.1 Å². The molecule has 0 aromatic heterocycles. The number of Topliss-reactive ketones (excluding diaryl/α,β-unsaturated/α-hetero) is 2. The molecule has 0 radical (unpaired) electrons. The summed E-state index contributed by atoms with van der Waals surface area (Å²) in [4.78, 5) is 35.1. The zero-order valence-corrected chi connectivity index (χ0v) is 10.3. The molecule has 0 fully saturated rings. The van der Waals surface area contributed by atoms with Crippen molar-refractivity contribution in [3.63, 3.8) is 0 Å². The highest BCUT2D eigenvalue weighted by Crippen LogP contribution is 2.38. The van der Waals surface area contributed by atoms with Crippen molar-refractivity contribution >= 4 is 17.3 Å². The Hall–Kier alpha value is -2.82. The van der Waals surface area contributed by atoms with E-state index in [-0.39, 0.29) is 22.6 Å². The van der Waals surface area contributed by atoms with E-state index in [4.69, 9.17) is 0 Å². The third-order valence-corrected chi connectivity index (χ3v) is 3.41. The predicted molar refractivity (Wildman–Crippen MR) is 70.9 cm³/mol. The SMILES string of the molecule is O=C1c2cccc([N+](=O)[O-])c2C(=O)C1c1ccccc1. The molecule has 0 saturated heterocycles. The number of nitro benzene ring substituents is 1. The third kappa shape index (κ3) is 1.64. The molecule has 2 aromatic carbocycles. The lowest BCUT2D eigenvalue weighted by atomic mass is 9.94. The molecule has 1 unspecified atom stereocenters. The second-order valence-electron chi connectivity index (χ2n) is 4.53. The Morgan fingerprint density at radius 2 is 1.60 bits per heavy atom. The number of nitro groups is 1. The van der Waals surface area contributed by atoms with Gasteiger partial charge in [-0.2, -0.15) is 0 Å². The monoisotopic (exact) mass is 267 g/mol. The summed E-state index contributed by atoms with van der Waals surface area (Å²) in [6.07, 6.45) is 0. The van der Waals surface area contributed by atoms with Crippen LogP contribution in [0.2, 0.25) is 0 Å². The van der Waals surface area contributed by atoms with Crippen molar-refractivity contribution in [2.75, 3.05) is 0 Å². The summed E-state index contributed by atoms with van der Waals surface area (Å²) in [6, 6.07) is 12.7. The summed E-state index contributed by atoms with van der Waals surface area (Å²) in [5.74, 6) is -1.84. The topological polar surface area (TPSA) is 77.3 Å². The summed E-state index contributed by atoms with van der Waals surface area (Å²) in [5.41, 5.74) is 0.321. The fourth-order valence-electron chi connectivity index (χ4n) is 2.52. The molecule has 1 aliphatic carbocycles. The van der Waals surface area contributed by atoms with Gasteiger partial charge in [0, 0.05) is 11.6 Å². The number of ketones is 2. The van der Waals surface area contributed by atoms with E-state index in [2.05, 4.69) is 0 Å². The Balaban J connectivity index is 2.18. The van der Waals surface area contributed by atoms with Crippen molar-refractivity contribution in [3.8, 4) is 0 Å². The molecule has 0 saturated carbocycles. The molecule has 98 valence electrons. The first kappa shape index (κ1) is 12.2. The highest BCUT2D eigenvalue weighted by Gasteiger charge is 2.43. The molecule has 3 rings (SSSR count). The molecule has 5 heteroatoms. The van der Waals surface area contributed by atoms with Crippen LogP contribution in [0.25, 0.3) is 0 Å². The van der Waals surface area contributed by atoms with Crippen LogP contribution < -0.4 is 0 Å². The first-order chi connectivity index (χ1) is 9.61. The molecular weight excluding hydrogens is 258 g/mol. The van der Waals surface area contributed by atoms with Gasteiger partial charge >= 0.3 is 0 Å². The van der Waals surface area contributed by atoms with Gasteiger partial charge in [0.1, 0.15) is 11.5 Å². The number of carbonyl (C=O) groups is 2.